The first kappa shape index (κ1) is 9.84. The monoisotopic (exact) mass is 150 g/mol. The summed E-state index contributed by atoms with van der Waals surface area (Å²) in [6.45, 7) is 0.776. The van der Waals surface area contributed by atoms with Crippen LogP contribution in [0.2, 0.25) is 0 Å². The molecule has 0 aliphatic carbocycles. The molecule has 0 bridgehead atoms. The molecule has 0 saturated heterocycles. The van der Waals surface area contributed by atoms with Crippen LogP contribution in [-0.2, 0) is 0 Å². The quantitative estimate of drug-likeness (QED) is 0.386. The minimum absolute atomic E-state index is 0.391. The molecule has 0 heterocycles. The highest BCUT2D eigenvalue weighted by Gasteiger charge is 2.20. The largest absolute Gasteiger partial charge is 0.394 e. The smallest absolute Gasteiger partial charge is 0.0821 e. The van der Waals surface area contributed by atoms with Gasteiger partial charge in [0.1, 0.15) is 0 Å². The molecule has 4 N–H and O–H groups in total. The van der Waals surface area contributed by atoms with Gasteiger partial charge in [-0.15, -0.1) is 0 Å². The summed E-state index contributed by atoms with van der Waals surface area (Å²) >= 11 is 0. The van der Waals surface area contributed by atoms with Crippen molar-refractivity contribution in [1.82, 2.24) is 0 Å². The van der Waals surface area contributed by atoms with Gasteiger partial charge in [0.05, 0.1) is 25.4 Å². The van der Waals surface area contributed by atoms with Gasteiger partial charge in [0, 0.05) is 5.92 Å². The highest BCUT2D eigenvalue weighted by atomic mass is 16.3. The third kappa shape index (κ3) is 2.62. The molecule has 4 nitrogen and oxygen atoms in total. The van der Waals surface area contributed by atoms with Crippen LogP contribution in [0.3, 0.4) is 0 Å². The van der Waals surface area contributed by atoms with Gasteiger partial charge in [-0.05, 0) is 0 Å². The Balaban J connectivity index is 3.69. The first-order chi connectivity index (χ1) is 4.63. The minimum Gasteiger partial charge on any atom is -0.394 e. The lowest BCUT2D eigenvalue weighted by atomic mass is 9.99. The molecule has 4 heteroatoms. The molecule has 10 heavy (non-hydrogen) atoms. The summed E-state index contributed by atoms with van der Waals surface area (Å²) in [6.07, 6.45) is -1.91. The molecule has 0 aromatic rings. The van der Waals surface area contributed by atoms with Crippen LogP contribution in [0.1, 0.15) is 6.92 Å². The Morgan fingerprint density at radius 3 is 1.50 bits per heavy atom. The van der Waals surface area contributed by atoms with Crippen molar-refractivity contribution in [3.63, 3.8) is 0 Å². The average Bonchev–Trinajstić information content (AvgIpc) is 2.00. The van der Waals surface area contributed by atoms with E-state index in [0.29, 0.717) is 0 Å². The first-order valence-electron chi connectivity index (χ1n) is 3.21. The lowest BCUT2D eigenvalue weighted by molar-refractivity contribution is -0.0286. The third-order valence-electron chi connectivity index (χ3n) is 1.59. The summed E-state index contributed by atoms with van der Waals surface area (Å²) in [5.74, 6) is -0.491. The molecule has 0 saturated carbocycles. The molecule has 0 rings (SSSR count). The molecule has 0 spiro atoms. The molecule has 0 aliphatic heterocycles. The van der Waals surface area contributed by atoms with Crippen molar-refractivity contribution in [3.05, 3.63) is 0 Å². The molecule has 0 radical (unpaired) electrons. The average molecular weight is 150 g/mol. The summed E-state index contributed by atoms with van der Waals surface area (Å²) in [5.41, 5.74) is 0. The number of rotatable bonds is 4. The van der Waals surface area contributed by atoms with Crippen LogP contribution in [0.15, 0.2) is 0 Å². The molecule has 2 unspecified atom stereocenters. The van der Waals surface area contributed by atoms with E-state index in [-0.39, 0.29) is 0 Å². The van der Waals surface area contributed by atoms with Gasteiger partial charge in [-0.25, -0.2) is 0 Å². The van der Waals surface area contributed by atoms with Crippen LogP contribution in [0.5, 0.6) is 0 Å². The Bertz CT molecular complexity index is 75.8. The minimum atomic E-state index is -0.956. The van der Waals surface area contributed by atoms with E-state index in [1.165, 1.54) is 0 Å². The fourth-order valence-electron chi connectivity index (χ4n) is 0.589. The van der Waals surface area contributed by atoms with Gasteiger partial charge >= 0.3 is 0 Å². The van der Waals surface area contributed by atoms with Crippen LogP contribution < -0.4 is 0 Å². The number of aliphatic hydroxyl groups is 4. The molecule has 0 amide bonds. The van der Waals surface area contributed by atoms with Crippen LogP contribution in [0.25, 0.3) is 0 Å². The highest BCUT2D eigenvalue weighted by molar-refractivity contribution is 4.70. The van der Waals surface area contributed by atoms with E-state index in [0.717, 1.165) is 0 Å². The first-order valence-corrected chi connectivity index (χ1v) is 3.21. The number of aliphatic hydroxyl groups excluding tert-OH is 4. The van der Waals surface area contributed by atoms with E-state index in [4.69, 9.17) is 20.4 Å². The third-order valence-corrected chi connectivity index (χ3v) is 1.59. The lowest BCUT2D eigenvalue weighted by Gasteiger charge is -2.20. The number of hydrogen-bond acceptors (Lipinski definition) is 4. The molecular formula is C6H14O4. The summed E-state index contributed by atoms with van der Waals surface area (Å²) in [4.78, 5) is 0. The Morgan fingerprint density at radius 1 is 1.00 bits per heavy atom. The van der Waals surface area contributed by atoms with E-state index in [1.54, 1.807) is 6.92 Å². The van der Waals surface area contributed by atoms with Crippen molar-refractivity contribution in [3.8, 4) is 0 Å². The van der Waals surface area contributed by atoms with E-state index >= 15 is 0 Å². The predicted octanol–water partition coefficient (Wildman–Crippen LogP) is -1.67. The maximum absolute atomic E-state index is 8.91. The highest BCUT2D eigenvalue weighted by Crippen LogP contribution is 2.07. The van der Waals surface area contributed by atoms with Crippen LogP contribution in [-0.4, -0.2) is 45.8 Å². The molecule has 0 aliphatic rings. The van der Waals surface area contributed by atoms with Crippen molar-refractivity contribution in [2.75, 3.05) is 13.2 Å². The van der Waals surface area contributed by atoms with Gasteiger partial charge in [-0.3, -0.25) is 0 Å². The van der Waals surface area contributed by atoms with Crippen molar-refractivity contribution < 1.29 is 20.4 Å². The normalized spacial score (nSPS) is 20.1. The summed E-state index contributed by atoms with van der Waals surface area (Å²) in [5, 5.41) is 34.6. The van der Waals surface area contributed by atoms with Gasteiger partial charge in [-0.1, -0.05) is 6.92 Å². The van der Waals surface area contributed by atoms with E-state index in [9.17, 15) is 0 Å². The van der Waals surface area contributed by atoms with Gasteiger partial charge < -0.3 is 20.4 Å². The van der Waals surface area contributed by atoms with E-state index in [2.05, 4.69) is 0 Å². The zero-order valence-electron chi connectivity index (χ0n) is 5.94. The molecule has 0 aromatic carbocycles. The van der Waals surface area contributed by atoms with Crippen molar-refractivity contribution in [1.29, 1.82) is 0 Å². The van der Waals surface area contributed by atoms with Gasteiger partial charge in [0.2, 0.25) is 0 Å². The SMILES string of the molecule is CC(C(O)CO)[C@H](O)CO. The van der Waals surface area contributed by atoms with Crippen molar-refractivity contribution in [2.24, 2.45) is 5.92 Å². The fourth-order valence-corrected chi connectivity index (χ4v) is 0.589. The standard InChI is InChI=1S/C6H14O4/c1-4(5(9)2-7)6(10)3-8/h4-10H,2-3H2,1H3/t4?,5-,6?/m1/s1. The van der Waals surface area contributed by atoms with Gasteiger partial charge in [0.25, 0.3) is 0 Å². The summed E-state index contributed by atoms with van der Waals surface area (Å²) in [7, 11) is 0. The molecule has 0 aromatic heterocycles. The molecule has 3 atom stereocenters. The second-order valence-corrected chi connectivity index (χ2v) is 2.36. The van der Waals surface area contributed by atoms with E-state index in [1.807, 2.05) is 0 Å². The molecule has 62 valence electrons. The van der Waals surface area contributed by atoms with Gasteiger partial charge in [0.15, 0.2) is 0 Å². The Labute approximate surface area is 59.7 Å². The summed E-state index contributed by atoms with van der Waals surface area (Å²) < 4.78 is 0. The van der Waals surface area contributed by atoms with Gasteiger partial charge in [-0.2, -0.15) is 0 Å². The second kappa shape index (κ2) is 4.62. The van der Waals surface area contributed by atoms with Crippen LogP contribution >= 0.6 is 0 Å². The maximum atomic E-state index is 8.91. The Kier molecular flexibility index (Phi) is 4.55. The zero-order chi connectivity index (χ0) is 8.15. The summed E-state index contributed by atoms with van der Waals surface area (Å²) in [6, 6.07) is 0. The molecular weight excluding hydrogens is 136 g/mol. The lowest BCUT2D eigenvalue weighted by Crippen LogP contribution is -2.34. The number of hydrogen-bond donors (Lipinski definition) is 4. The Morgan fingerprint density at radius 2 is 1.30 bits per heavy atom. The van der Waals surface area contributed by atoms with E-state index < -0.39 is 31.3 Å². The topological polar surface area (TPSA) is 80.9 Å². The van der Waals surface area contributed by atoms with Crippen molar-refractivity contribution in [2.45, 2.75) is 19.1 Å². The van der Waals surface area contributed by atoms with Crippen LogP contribution in [0.4, 0.5) is 0 Å². The Hall–Kier alpha value is -0.160. The maximum Gasteiger partial charge on any atom is 0.0821 e. The van der Waals surface area contributed by atoms with Crippen molar-refractivity contribution >= 4 is 0 Å². The molecule has 0 fully saturated rings. The fraction of sp³-hybridized carbons (Fsp3) is 1.00. The van der Waals surface area contributed by atoms with Crippen LogP contribution in [0, 0.1) is 5.92 Å². The zero-order valence-corrected chi connectivity index (χ0v) is 5.94. The second-order valence-electron chi connectivity index (χ2n) is 2.36. The predicted molar refractivity (Wildman–Crippen MR) is 35.3 cm³/mol.